The molecule has 1 heterocycles. The van der Waals surface area contributed by atoms with Gasteiger partial charge in [-0.25, -0.2) is 9.18 Å². The first-order valence-corrected chi connectivity index (χ1v) is 10.3. The van der Waals surface area contributed by atoms with Crippen LogP contribution in [0.25, 0.3) is 11.1 Å². The summed E-state index contributed by atoms with van der Waals surface area (Å²) < 4.78 is 31.6. The van der Waals surface area contributed by atoms with Gasteiger partial charge in [-0.05, 0) is 54.3 Å². The van der Waals surface area contributed by atoms with Crippen LogP contribution in [0.4, 0.5) is 4.39 Å². The number of nitrogens with zero attached hydrogens (tertiary/aromatic N) is 2. The first-order chi connectivity index (χ1) is 15.9. The fraction of sp³-hybridized carbons (Fsp3) is 0.200. The Kier molecular flexibility index (Phi) is 8.19. The van der Waals surface area contributed by atoms with E-state index in [1.165, 1.54) is 13.2 Å². The number of aromatic nitrogens is 2. The number of benzene rings is 3. The summed E-state index contributed by atoms with van der Waals surface area (Å²) in [4.78, 5) is 25.7. The maximum Gasteiger partial charge on any atom is 1.00 e. The summed E-state index contributed by atoms with van der Waals surface area (Å²) >= 11 is 0. The number of rotatable bonds is 7. The van der Waals surface area contributed by atoms with Gasteiger partial charge in [-0.2, -0.15) is 0 Å². The van der Waals surface area contributed by atoms with Crippen molar-refractivity contribution in [3.63, 3.8) is 0 Å². The molecule has 0 saturated heterocycles. The fourth-order valence-electron chi connectivity index (χ4n) is 3.72. The molecule has 34 heavy (non-hydrogen) atoms. The van der Waals surface area contributed by atoms with Gasteiger partial charge in [0.1, 0.15) is 23.9 Å². The number of ether oxygens (including phenoxy) is 2. The molecule has 3 aromatic carbocycles. The van der Waals surface area contributed by atoms with E-state index >= 15 is 0 Å². The molecule has 4 rings (SSSR count). The summed E-state index contributed by atoms with van der Waals surface area (Å²) in [6.07, 6.45) is 0. The average molecular weight is 472 g/mol. The minimum Gasteiger partial charge on any atom is -0.496 e. The zero-order chi connectivity index (χ0) is 23.5. The van der Waals surface area contributed by atoms with E-state index in [1.54, 1.807) is 30.3 Å². The van der Waals surface area contributed by atoms with Gasteiger partial charge in [-0.15, -0.1) is 0 Å². The van der Waals surface area contributed by atoms with Gasteiger partial charge in [-0.1, -0.05) is 30.3 Å². The van der Waals surface area contributed by atoms with Gasteiger partial charge in [0, 0.05) is 23.7 Å². The first kappa shape index (κ1) is 25.6. The van der Waals surface area contributed by atoms with Gasteiger partial charge in [0.15, 0.2) is 5.69 Å². The second-order valence-corrected chi connectivity index (χ2v) is 7.63. The third-order valence-corrected chi connectivity index (χ3v) is 5.35. The maximum atomic E-state index is 14.7. The topological polar surface area (TPSA) is 84.8 Å². The molecule has 0 N–H and O–H groups in total. The quantitative estimate of drug-likeness (QED) is 0.371. The van der Waals surface area contributed by atoms with Crippen LogP contribution in [-0.4, -0.2) is 11.8 Å². The molecule has 0 aliphatic rings. The van der Waals surface area contributed by atoms with Crippen molar-refractivity contribution in [1.82, 2.24) is 9.72 Å². The number of hydrogen-bond acceptors (Lipinski definition) is 5. The molecule has 0 bridgehead atoms. The van der Waals surface area contributed by atoms with E-state index < -0.39 is 17.3 Å². The predicted octanol–water partition coefficient (Wildman–Crippen LogP) is 0.822. The molecule has 1 aromatic heterocycles. The molecule has 0 spiro atoms. The summed E-state index contributed by atoms with van der Waals surface area (Å²) in [5.41, 5.74) is 4.31. The van der Waals surface area contributed by atoms with E-state index in [-0.39, 0.29) is 42.7 Å². The van der Waals surface area contributed by atoms with Gasteiger partial charge in [0.2, 0.25) is 0 Å². The van der Waals surface area contributed by atoms with Gasteiger partial charge in [-0.3, -0.25) is 9.53 Å². The molecule has 9 heteroatoms. The van der Waals surface area contributed by atoms with Gasteiger partial charge >= 0.3 is 35.3 Å². The smallest absolute Gasteiger partial charge is 0.496 e. The van der Waals surface area contributed by atoms with Crippen LogP contribution in [0.5, 0.6) is 11.5 Å². The van der Waals surface area contributed by atoms with Crippen molar-refractivity contribution in [1.29, 1.82) is 0 Å². The molecule has 170 valence electrons. The standard InChI is InChI=1S/C25H23FN2O5.Na/c1-15-5-4-6-16(2)23(15)20-11-18(21(26)12-22(20)31-3)14-32-19-9-7-17(8-10-19)13-28-24(29)27-25(30)33-28;/h4-12H,13-14H2,1-3H3,(H,27,29,30);/q;+1/p-1. The van der Waals surface area contributed by atoms with E-state index in [2.05, 4.69) is 4.98 Å². The molecule has 0 fully saturated rings. The van der Waals surface area contributed by atoms with Crippen LogP contribution >= 0.6 is 0 Å². The third-order valence-electron chi connectivity index (χ3n) is 5.35. The summed E-state index contributed by atoms with van der Waals surface area (Å²) in [5.74, 6) is -0.364. The molecular formula is C25H22FN2NaO5. The molecule has 0 atom stereocenters. The molecule has 0 saturated carbocycles. The first-order valence-electron chi connectivity index (χ1n) is 10.3. The van der Waals surface area contributed by atoms with Gasteiger partial charge < -0.3 is 19.0 Å². The van der Waals surface area contributed by atoms with Crippen LogP contribution in [0, 0.1) is 19.7 Å². The van der Waals surface area contributed by atoms with E-state index in [0.717, 1.165) is 27.0 Å². The van der Waals surface area contributed by atoms with Crippen LogP contribution in [0.15, 0.2) is 68.7 Å². The number of methoxy groups -OCH3 is 1. The second-order valence-electron chi connectivity index (χ2n) is 7.63. The van der Waals surface area contributed by atoms with Gasteiger partial charge in [0.25, 0.3) is 0 Å². The summed E-state index contributed by atoms with van der Waals surface area (Å²) in [6.45, 7) is 4.11. The summed E-state index contributed by atoms with van der Waals surface area (Å²) in [6, 6.07) is 16.0. The molecule has 0 amide bonds. The van der Waals surface area contributed by atoms with Crippen LogP contribution < -0.4 is 55.5 Å². The van der Waals surface area contributed by atoms with Crippen molar-refractivity contribution in [2.75, 3.05) is 7.11 Å². The normalized spacial score (nSPS) is 10.6. The molecule has 0 unspecified atom stereocenters. The summed E-state index contributed by atoms with van der Waals surface area (Å²) in [5, 5.41) is 0. The minimum atomic E-state index is -0.929. The van der Waals surface area contributed by atoms with Crippen LogP contribution in [0.2, 0.25) is 0 Å². The number of halogens is 1. The molecule has 4 aromatic rings. The Morgan fingerprint density at radius 3 is 2.29 bits per heavy atom. The van der Waals surface area contributed by atoms with Crippen LogP contribution in [-0.2, 0) is 13.2 Å². The Bertz CT molecular complexity index is 1390. The predicted molar refractivity (Wildman–Crippen MR) is 120 cm³/mol. The van der Waals surface area contributed by atoms with Crippen molar-refractivity contribution in [2.45, 2.75) is 27.0 Å². The monoisotopic (exact) mass is 472 g/mol. The molecule has 0 aliphatic carbocycles. The van der Waals surface area contributed by atoms with E-state index in [0.29, 0.717) is 22.6 Å². The Labute approximate surface area is 217 Å². The molecule has 0 aliphatic heterocycles. The third kappa shape index (κ3) is 5.52. The van der Waals surface area contributed by atoms with Gasteiger partial charge in [0.05, 0.1) is 7.11 Å². The second kappa shape index (κ2) is 10.9. The average Bonchev–Trinajstić information content (AvgIpc) is 3.10. The molecular weight excluding hydrogens is 450 g/mol. The van der Waals surface area contributed by atoms with Crippen molar-refractivity contribution < 1.29 is 47.9 Å². The largest absolute Gasteiger partial charge is 1.00 e. The Hall–Kier alpha value is -3.07. The van der Waals surface area contributed by atoms with Crippen molar-refractivity contribution in [3.8, 4) is 22.6 Å². The van der Waals surface area contributed by atoms with Crippen molar-refractivity contribution in [3.05, 3.63) is 104 Å². The Morgan fingerprint density at radius 1 is 1.03 bits per heavy atom. The van der Waals surface area contributed by atoms with Crippen molar-refractivity contribution >= 4 is 0 Å². The fourth-order valence-corrected chi connectivity index (χ4v) is 3.72. The van der Waals surface area contributed by atoms with Crippen LogP contribution in [0.3, 0.4) is 0 Å². The zero-order valence-corrected chi connectivity index (χ0v) is 21.4. The number of hydrogen-bond donors (Lipinski definition) is 0. The van der Waals surface area contributed by atoms with Crippen molar-refractivity contribution in [2.24, 2.45) is 0 Å². The zero-order valence-electron chi connectivity index (χ0n) is 19.4. The minimum absolute atomic E-state index is 0. The van der Waals surface area contributed by atoms with E-state index in [9.17, 15) is 14.0 Å². The Morgan fingerprint density at radius 2 is 1.71 bits per heavy atom. The number of aryl methyl sites for hydroxylation is 2. The van der Waals surface area contributed by atoms with Crippen LogP contribution in [0.1, 0.15) is 22.3 Å². The van der Waals surface area contributed by atoms with E-state index in [1.807, 2.05) is 32.0 Å². The Balaban J connectivity index is 0.00000324. The SMILES string of the molecule is COc1cc(F)c(COc2ccc(Cn3oc(=O)[n-]c3=O)cc2)cc1-c1c(C)cccc1C.[Na+]. The maximum absolute atomic E-state index is 14.7. The van der Waals surface area contributed by atoms with E-state index in [4.69, 9.17) is 14.0 Å². The summed E-state index contributed by atoms with van der Waals surface area (Å²) in [7, 11) is 1.52. The molecule has 7 nitrogen and oxygen atoms in total. The molecule has 0 radical (unpaired) electrons.